The van der Waals surface area contributed by atoms with Crippen molar-refractivity contribution in [3.8, 4) is 0 Å². The summed E-state index contributed by atoms with van der Waals surface area (Å²) in [4.78, 5) is 0. The van der Waals surface area contributed by atoms with Gasteiger partial charge in [0, 0.05) is 31.2 Å². The molecule has 0 amide bonds. The molecule has 0 heterocycles. The maximum absolute atomic E-state index is 11.9. The van der Waals surface area contributed by atoms with Crippen LogP contribution in [0.4, 0.5) is 13.2 Å². The van der Waals surface area contributed by atoms with Crippen molar-refractivity contribution in [2.75, 3.05) is 19.8 Å². The van der Waals surface area contributed by atoms with Crippen LogP contribution >= 0.6 is 0 Å². The van der Waals surface area contributed by atoms with E-state index in [1.54, 1.807) is 0 Å². The summed E-state index contributed by atoms with van der Waals surface area (Å²) < 4.78 is 40.8. The van der Waals surface area contributed by atoms with Gasteiger partial charge in [-0.05, 0) is 45.4 Å². The molecule has 1 aliphatic rings. The molecule has 1 unspecified atom stereocenters. The summed E-state index contributed by atoms with van der Waals surface area (Å²) in [6.45, 7) is 2.77. The molecule has 0 spiro atoms. The zero-order valence-electron chi connectivity index (χ0n) is 12.1. The molecule has 0 aromatic rings. The van der Waals surface area contributed by atoms with Crippen molar-refractivity contribution in [1.29, 1.82) is 0 Å². The average molecular weight is 297 g/mol. The average Bonchev–Trinajstić information content (AvgIpc) is 3.15. The maximum atomic E-state index is 11.9. The normalized spacial score (nSPS) is 19.1. The third kappa shape index (κ3) is 8.76. The van der Waals surface area contributed by atoms with E-state index >= 15 is 0 Å². The highest BCUT2D eigenvalue weighted by Gasteiger charge is 2.31. The number of ether oxygens (including phenoxy) is 1. The van der Waals surface area contributed by atoms with E-state index in [0.29, 0.717) is 12.6 Å². The first-order valence-electron chi connectivity index (χ1n) is 7.38. The SMILES string of the molecule is CC(CO)(CCCCOCCCC(F)(F)F)NC1CC1. The molecule has 3 nitrogen and oxygen atoms in total. The molecular weight excluding hydrogens is 271 g/mol. The van der Waals surface area contributed by atoms with Gasteiger partial charge >= 0.3 is 6.18 Å². The van der Waals surface area contributed by atoms with E-state index in [4.69, 9.17) is 4.74 Å². The van der Waals surface area contributed by atoms with Crippen LogP contribution in [0.15, 0.2) is 0 Å². The molecule has 2 N–H and O–H groups in total. The lowest BCUT2D eigenvalue weighted by molar-refractivity contribution is -0.137. The Morgan fingerprint density at radius 3 is 2.30 bits per heavy atom. The van der Waals surface area contributed by atoms with Gasteiger partial charge < -0.3 is 15.2 Å². The van der Waals surface area contributed by atoms with Gasteiger partial charge in [-0.25, -0.2) is 0 Å². The molecular formula is C14H26F3NO2. The number of alkyl halides is 3. The van der Waals surface area contributed by atoms with Crippen molar-refractivity contribution >= 4 is 0 Å². The zero-order chi connectivity index (χ0) is 15.1. The van der Waals surface area contributed by atoms with Crippen LogP contribution in [0.3, 0.4) is 0 Å². The number of nitrogens with one attached hydrogen (secondary N) is 1. The van der Waals surface area contributed by atoms with Crippen molar-refractivity contribution in [2.45, 2.75) is 69.6 Å². The standard InChI is InChI=1S/C14H26F3NO2/c1-13(11-19,18-12-5-6-12)7-2-3-9-20-10-4-8-14(15,16)17/h12,18-19H,2-11H2,1H3. The monoisotopic (exact) mass is 297 g/mol. The Kier molecular flexibility index (Phi) is 7.26. The Hall–Kier alpha value is -0.330. The Morgan fingerprint density at radius 1 is 1.10 bits per heavy atom. The van der Waals surface area contributed by atoms with Crippen LogP contribution in [0.2, 0.25) is 0 Å². The summed E-state index contributed by atoms with van der Waals surface area (Å²) in [6.07, 6.45) is 0.0918. The summed E-state index contributed by atoms with van der Waals surface area (Å²) in [5.74, 6) is 0. The second kappa shape index (κ2) is 8.20. The van der Waals surface area contributed by atoms with Crippen LogP contribution < -0.4 is 5.32 Å². The van der Waals surface area contributed by atoms with Crippen LogP contribution in [-0.2, 0) is 4.74 Å². The second-order valence-electron chi connectivity index (χ2n) is 5.93. The molecule has 6 heteroatoms. The largest absolute Gasteiger partial charge is 0.394 e. The minimum atomic E-state index is -4.08. The molecule has 0 aromatic heterocycles. The van der Waals surface area contributed by atoms with Gasteiger partial charge in [-0.15, -0.1) is 0 Å². The highest BCUT2D eigenvalue weighted by Crippen LogP contribution is 2.25. The van der Waals surface area contributed by atoms with Gasteiger partial charge in [0.05, 0.1) is 6.61 Å². The Balaban J connectivity index is 1.95. The van der Waals surface area contributed by atoms with Gasteiger partial charge in [0.1, 0.15) is 0 Å². The molecule has 120 valence electrons. The molecule has 1 atom stereocenters. The highest BCUT2D eigenvalue weighted by molar-refractivity contribution is 4.92. The summed E-state index contributed by atoms with van der Waals surface area (Å²) >= 11 is 0. The van der Waals surface area contributed by atoms with Gasteiger partial charge in [-0.2, -0.15) is 13.2 Å². The predicted octanol–water partition coefficient (Wildman–Crippen LogP) is 3.02. The number of rotatable bonds is 11. The van der Waals surface area contributed by atoms with Crippen LogP contribution in [-0.4, -0.2) is 42.7 Å². The number of aliphatic hydroxyl groups excluding tert-OH is 1. The third-order valence-electron chi connectivity index (χ3n) is 3.50. The smallest absolute Gasteiger partial charge is 0.389 e. The number of unbranched alkanes of at least 4 members (excludes halogenated alkanes) is 1. The van der Waals surface area contributed by atoms with E-state index in [1.165, 1.54) is 12.8 Å². The Labute approximate surface area is 118 Å². The van der Waals surface area contributed by atoms with Gasteiger partial charge in [-0.1, -0.05) is 0 Å². The van der Waals surface area contributed by atoms with E-state index in [-0.39, 0.29) is 25.2 Å². The van der Waals surface area contributed by atoms with Gasteiger partial charge in [0.15, 0.2) is 0 Å². The van der Waals surface area contributed by atoms with E-state index in [1.807, 2.05) is 6.92 Å². The lowest BCUT2D eigenvalue weighted by atomic mass is 9.95. The van der Waals surface area contributed by atoms with Crippen LogP contribution in [0.1, 0.15) is 51.9 Å². The van der Waals surface area contributed by atoms with Gasteiger partial charge in [-0.3, -0.25) is 0 Å². The Morgan fingerprint density at radius 2 is 1.75 bits per heavy atom. The van der Waals surface area contributed by atoms with Crippen molar-refractivity contribution in [3.05, 3.63) is 0 Å². The van der Waals surface area contributed by atoms with Crippen molar-refractivity contribution in [2.24, 2.45) is 0 Å². The highest BCUT2D eigenvalue weighted by atomic mass is 19.4. The lowest BCUT2D eigenvalue weighted by Gasteiger charge is -2.29. The first-order valence-corrected chi connectivity index (χ1v) is 7.38. The first-order chi connectivity index (χ1) is 9.35. The summed E-state index contributed by atoms with van der Waals surface area (Å²) in [6, 6.07) is 0.547. The quantitative estimate of drug-likeness (QED) is 0.576. The molecule has 0 bridgehead atoms. The minimum absolute atomic E-state index is 0.0289. The molecule has 1 fully saturated rings. The molecule has 20 heavy (non-hydrogen) atoms. The molecule has 0 aromatic carbocycles. The maximum Gasteiger partial charge on any atom is 0.389 e. The lowest BCUT2D eigenvalue weighted by Crippen LogP contribution is -2.46. The molecule has 1 aliphatic carbocycles. The van der Waals surface area contributed by atoms with E-state index in [9.17, 15) is 18.3 Å². The summed E-state index contributed by atoms with van der Waals surface area (Å²) in [7, 11) is 0. The topological polar surface area (TPSA) is 41.5 Å². The number of halogens is 3. The first kappa shape index (κ1) is 17.7. The fourth-order valence-corrected chi connectivity index (χ4v) is 2.11. The van der Waals surface area contributed by atoms with Gasteiger partial charge in [0.25, 0.3) is 0 Å². The van der Waals surface area contributed by atoms with Crippen LogP contribution in [0.25, 0.3) is 0 Å². The number of hydrogen-bond donors (Lipinski definition) is 2. The van der Waals surface area contributed by atoms with E-state index in [0.717, 1.165) is 19.3 Å². The summed E-state index contributed by atoms with van der Waals surface area (Å²) in [5.41, 5.74) is -0.239. The van der Waals surface area contributed by atoms with Crippen molar-refractivity contribution in [1.82, 2.24) is 5.32 Å². The molecule has 1 rings (SSSR count). The fourth-order valence-electron chi connectivity index (χ4n) is 2.11. The molecule has 0 radical (unpaired) electrons. The molecule has 0 saturated heterocycles. The molecule has 0 aliphatic heterocycles. The second-order valence-corrected chi connectivity index (χ2v) is 5.93. The number of hydrogen-bond acceptors (Lipinski definition) is 3. The van der Waals surface area contributed by atoms with Crippen LogP contribution in [0.5, 0.6) is 0 Å². The zero-order valence-corrected chi connectivity index (χ0v) is 12.1. The predicted molar refractivity (Wildman–Crippen MR) is 71.6 cm³/mol. The van der Waals surface area contributed by atoms with Crippen LogP contribution in [0, 0.1) is 0 Å². The van der Waals surface area contributed by atoms with E-state index < -0.39 is 12.6 Å². The number of aliphatic hydroxyl groups is 1. The molecule has 1 saturated carbocycles. The third-order valence-corrected chi connectivity index (χ3v) is 3.50. The fraction of sp³-hybridized carbons (Fsp3) is 1.00. The Bertz CT molecular complexity index is 270. The van der Waals surface area contributed by atoms with Crippen molar-refractivity contribution in [3.63, 3.8) is 0 Å². The van der Waals surface area contributed by atoms with Crippen molar-refractivity contribution < 1.29 is 23.0 Å². The minimum Gasteiger partial charge on any atom is -0.394 e. The van der Waals surface area contributed by atoms with E-state index in [2.05, 4.69) is 5.32 Å². The summed E-state index contributed by atoms with van der Waals surface area (Å²) in [5, 5.41) is 12.8. The van der Waals surface area contributed by atoms with Gasteiger partial charge in [0.2, 0.25) is 0 Å².